The normalized spacial score (nSPS) is 13.1. The monoisotopic (exact) mass is 279 g/mol. The zero-order valence-electron chi connectivity index (χ0n) is 8.89. The second kappa shape index (κ2) is 4.42. The fraction of sp³-hybridized carbons (Fsp3) is 0.0769. The van der Waals surface area contributed by atoms with Crippen molar-refractivity contribution in [3.63, 3.8) is 0 Å². The zero-order valence-corrected chi connectivity index (χ0v) is 11.3. The number of benzene rings is 1. The highest BCUT2D eigenvalue weighted by Gasteiger charge is 2.15. The van der Waals surface area contributed by atoms with Crippen molar-refractivity contribution >= 4 is 44.4 Å². The van der Waals surface area contributed by atoms with Crippen LogP contribution in [0, 0.1) is 0 Å². The van der Waals surface area contributed by atoms with Gasteiger partial charge in [0.05, 0.1) is 10.4 Å². The SMILES string of the molecule is NC(c1ccc(Cl)s1)c1csc2ccccc12. The molecule has 0 aliphatic carbocycles. The van der Waals surface area contributed by atoms with Gasteiger partial charge in [0.1, 0.15) is 0 Å². The topological polar surface area (TPSA) is 26.0 Å². The Kier molecular flexibility index (Phi) is 2.92. The standard InChI is InChI=1S/C13H10ClNS2/c14-12-6-5-11(17-12)13(15)9-7-16-10-4-2-1-3-8(9)10/h1-7,13H,15H2. The molecule has 0 aliphatic rings. The van der Waals surface area contributed by atoms with Crippen LogP contribution in [0.15, 0.2) is 41.8 Å². The molecule has 1 nitrogen and oxygen atoms in total. The van der Waals surface area contributed by atoms with Crippen LogP contribution in [-0.4, -0.2) is 0 Å². The van der Waals surface area contributed by atoms with Crippen molar-refractivity contribution in [3.8, 4) is 0 Å². The fourth-order valence-corrected chi connectivity index (χ4v) is 3.97. The van der Waals surface area contributed by atoms with Gasteiger partial charge in [-0.2, -0.15) is 0 Å². The van der Waals surface area contributed by atoms with Gasteiger partial charge in [-0.25, -0.2) is 0 Å². The lowest BCUT2D eigenvalue weighted by molar-refractivity contribution is 0.908. The number of hydrogen-bond donors (Lipinski definition) is 1. The molecule has 2 heterocycles. The number of fused-ring (bicyclic) bond motifs is 1. The maximum atomic E-state index is 6.30. The third-order valence-electron chi connectivity index (χ3n) is 2.75. The quantitative estimate of drug-likeness (QED) is 0.725. The molecule has 2 N–H and O–H groups in total. The van der Waals surface area contributed by atoms with Gasteiger partial charge in [0.2, 0.25) is 0 Å². The van der Waals surface area contributed by atoms with Gasteiger partial charge in [0.15, 0.2) is 0 Å². The summed E-state index contributed by atoms with van der Waals surface area (Å²) in [5, 5.41) is 3.39. The Balaban J connectivity index is 2.09. The Bertz CT molecular complexity index is 656. The summed E-state index contributed by atoms with van der Waals surface area (Å²) in [6.45, 7) is 0. The first-order chi connectivity index (χ1) is 8.25. The van der Waals surface area contributed by atoms with Crippen molar-refractivity contribution in [2.45, 2.75) is 6.04 Å². The van der Waals surface area contributed by atoms with Crippen LogP contribution in [-0.2, 0) is 0 Å². The van der Waals surface area contributed by atoms with Crippen LogP contribution < -0.4 is 5.73 Å². The average Bonchev–Trinajstić information content (AvgIpc) is 2.94. The number of hydrogen-bond acceptors (Lipinski definition) is 3. The molecule has 0 saturated carbocycles. The fourth-order valence-electron chi connectivity index (χ4n) is 1.89. The number of nitrogens with two attached hydrogens (primary N) is 1. The molecular weight excluding hydrogens is 270 g/mol. The summed E-state index contributed by atoms with van der Waals surface area (Å²) >= 11 is 9.23. The van der Waals surface area contributed by atoms with E-state index in [9.17, 15) is 0 Å². The molecule has 0 aliphatic heterocycles. The minimum atomic E-state index is -0.0800. The predicted octanol–water partition coefficient (Wildman–Crippen LogP) is 4.66. The minimum absolute atomic E-state index is 0.0800. The van der Waals surface area contributed by atoms with Crippen molar-refractivity contribution in [2.24, 2.45) is 5.73 Å². The summed E-state index contributed by atoms with van der Waals surface area (Å²) in [5.41, 5.74) is 7.48. The van der Waals surface area contributed by atoms with E-state index in [1.54, 1.807) is 22.7 Å². The highest BCUT2D eigenvalue weighted by atomic mass is 35.5. The molecule has 0 radical (unpaired) electrons. The van der Waals surface area contributed by atoms with E-state index in [0.717, 1.165) is 9.21 Å². The summed E-state index contributed by atoms with van der Waals surface area (Å²) in [6.07, 6.45) is 0. The summed E-state index contributed by atoms with van der Waals surface area (Å²) in [7, 11) is 0. The van der Waals surface area contributed by atoms with Crippen molar-refractivity contribution < 1.29 is 0 Å². The summed E-state index contributed by atoms with van der Waals surface area (Å²) in [4.78, 5) is 1.11. The Morgan fingerprint density at radius 1 is 1.12 bits per heavy atom. The number of rotatable bonds is 2. The van der Waals surface area contributed by atoms with Crippen LogP contribution >= 0.6 is 34.3 Å². The second-order valence-electron chi connectivity index (χ2n) is 3.81. The van der Waals surface area contributed by atoms with Crippen molar-refractivity contribution in [3.05, 3.63) is 56.6 Å². The molecule has 17 heavy (non-hydrogen) atoms. The van der Waals surface area contributed by atoms with Gasteiger partial charge < -0.3 is 5.73 Å². The molecular formula is C13H10ClNS2. The van der Waals surface area contributed by atoms with Gasteiger partial charge in [-0.05, 0) is 34.5 Å². The van der Waals surface area contributed by atoms with Gasteiger partial charge in [0, 0.05) is 9.58 Å². The maximum absolute atomic E-state index is 6.30. The van der Waals surface area contributed by atoms with Gasteiger partial charge in [0.25, 0.3) is 0 Å². The molecule has 0 amide bonds. The largest absolute Gasteiger partial charge is 0.320 e. The van der Waals surface area contributed by atoms with Crippen LogP contribution in [0.1, 0.15) is 16.5 Å². The Labute approximate surface area is 112 Å². The smallest absolute Gasteiger partial charge is 0.0931 e. The number of thiophene rings is 2. The summed E-state index contributed by atoms with van der Waals surface area (Å²) < 4.78 is 2.07. The molecule has 1 atom stereocenters. The molecule has 0 bridgehead atoms. The van der Waals surface area contributed by atoms with E-state index in [1.807, 2.05) is 18.2 Å². The maximum Gasteiger partial charge on any atom is 0.0931 e. The molecule has 1 unspecified atom stereocenters. The van der Waals surface area contributed by atoms with E-state index in [2.05, 4.69) is 23.6 Å². The Morgan fingerprint density at radius 3 is 2.71 bits per heavy atom. The van der Waals surface area contributed by atoms with E-state index in [0.29, 0.717) is 0 Å². The lowest BCUT2D eigenvalue weighted by Crippen LogP contribution is -2.09. The van der Waals surface area contributed by atoms with Crippen molar-refractivity contribution in [2.75, 3.05) is 0 Å². The first kappa shape index (κ1) is 11.2. The molecule has 3 rings (SSSR count). The lowest BCUT2D eigenvalue weighted by Gasteiger charge is -2.08. The Hall–Kier alpha value is -0.870. The van der Waals surface area contributed by atoms with Crippen molar-refractivity contribution in [1.82, 2.24) is 0 Å². The first-order valence-electron chi connectivity index (χ1n) is 5.22. The molecule has 0 saturated heterocycles. The zero-order chi connectivity index (χ0) is 11.8. The van der Waals surface area contributed by atoms with Crippen molar-refractivity contribution in [1.29, 1.82) is 0 Å². The predicted molar refractivity (Wildman–Crippen MR) is 77.2 cm³/mol. The Morgan fingerprint density at radius 2 is 1.94 bits per heavy atom. The van der Waals surface area contributed by atoms with E-state index in [-0.39, 0.29) is 6.04 Å². The molecule has 1 aromatic carbocycles. The molecule has 0 fully saturated rings. The van der Waals surface area contributed by atoms with Gasteiger partial charge in [-0.3, -0.25) is 0 Å². The summed E-state index contributed by atoms with van der Waals surface area (Å²) in [6, 6.07) is 12.2. The van der Waals surface area contributed by atoms with Gasteiger partial charge in [-0.15, -0.1) is 22.7 Å². The van der Waals surface area contributed by atoms with Crippen LogP contribution in [0.4, 0.5) is 0 Å². The first-order valence-corrected chi connectivity index (χ1v) is 7.30. The van der Waals surface area contributed by atoms with Gasteiger partial charge >= 0.3 is 0 Å². The molecule has 4 heteroatoms. The van der Waals surface area contributed by atoms with Crippen LogP contribution in [0.2, 0.25) is 4.34 Å². The van der Waals surface area contributed by atoms with E-state index in [4.69, 9.17) is 17.3 Å². The third-order valence-corrected chi connectivity index (χ3v) is 5.04. The summed E-state index contributed by atoms with van der Waals surface area (Å²) in [5.74, 6) is 0. The highest BCUT2D eigenvalue weighted by Crippen LogP contribution is 2.35. The minimum Gasteiger partial charge on any atom is -0.320 e. The highest BCUT2D eigenvalue weighted by molar-refractivity contribution is 7.17. The van der Waals surface area contributed by atoms with E-state index >= 15 is 0 Å². The third kappa shape index (κ3) is 2.00. The van der Waals surface area contributed by atoms with E-state index < -0.39 is 0 Å². The van der Waals surface area contributed by atoms with Gasteiger partial charge in [-0.1, -0.05) is 29.8 Å². The van der Waals surface area contributed by atoms with Crippen LogP contribution in [0.25, 0.3) is 10.1 Å². The molecule has 86 valence electrons. The molecule has 2 aromatic heterocycles. The second-order valence-corrected chi connectivity index (χ2v) is 6.46. The van der Waals surface area contributed by atoms with Crippen LogP contribution in [0.3, 0.4) is 0 Å². The van der Waals surface area contributed by atoms with E-state index in [1.165, 1.54) is 15.6 Å². The number of halogens is 1. The average molecular weight is 280 g/mol. The molecule has 0 spiro atoms. The lowest BCUT2D eigenvalue weighted by atomic mass is 10.1. The van der Waals surface area contributed by atoms with Crippen LogP contribution in [0.5, 0.6) is 0 Å². The molecule has 3 aromatic rings.